The van der Waals surface area contributed by atoms with Crippen LogP contribution < -0.4 is 0 Å². The van der Waals surface area contributed by atoms with Gasteiger partial charge in [0.25, 0.3) is 0 Å². The van der Waals surface area contributed by atoms with Gasteiger partial charge in [0, 0.05) is 25.6 Å². The fourth-order valence-electron chi connectivity index (χ4n) is 1.04. The lowest BCUT2D eigenvalue weighted by Crippen LogP contribution is -1.96. The topological polar surface area (TPSA) is 48.5 Å². The summed E-state index contributed by atoms with van der Waals surface area (Å²) in [6.07, 6.45) is 7.29. The molecule has 0 bridgehead atoms. The average molecular weight is 163 g/mol. The number of imidazole rings is 1. The van der Waals surface area contributed by atoms with Crippen molar-refractivity contribution in [2.24, 2.45) is 7.05 Å². The highest BCUT2D eigenvalue weighted by atomic mass is 15.4. The monoisotopic (exact) mass is 163 g/mol. The molecule has 0 spiro atoms. The third-order valence-electron chi connectivity index (χ3n) is 1.55. The first-order valence-corrected chi connectivity index (χ1v) is 3.65. The van der Waals surface area contributed by atoms with Gasteiger partial charge in [-0.2, -0.15) is 0 Å². The summed E-state index contributed by atoms with van der Waals surface area (Å²) in [7, 11) is 1.85. The molecule has 0 radical (unpaired) electrons. The molecule has 0 saturated heterocycles. The minimum absolute atomic E-state index is 0.730. The van der Waals surface area contributed by atoms with Crippen LogP contribution in [0.5, 0.6) is 0 Å². The molecule has 12 heavy (non-hydrogen) atoms. The van der Waals surface area contributed by atoms with Gasteiger partial charge < -0.3 is 4.57 Å². The molecule has 0 saturated carbocycles. The van der Waals surface area contributed by atoms with Gasteiger partial charge in [0.05, 0.1) is 12.9 Å². The molecule has 0 N–H and O–H groups in total. The third kappa shape index (κ3) is 1.34. The Kier molecular flexibility index (Phi) is 1.62. The molecule has 2 aromatic rings. The second kappa shape index (κ2) is 2.77. The number of rotatable bonds is 2. The molecule has 5 heteroatoms. The molecule has 0 aromatic carbocycles. The van der Waals surface area contributed by atoms with Gasteiger partial charge in [-0.15, -0.1) is 5.10 Å². The molecule has 62 valence electrons. The molecule has 5 nitrogen and oxygen atoms in total. The maximum absolute atomic E-state index is 3.96. The van der Waals surface area contributed by atoms with E-state index < -0.39 is 0 Å². The molecular weight excluding hydrogens is 154 g/mol. The van der Waals surface area contributed by atoms with Crippen LogP contribution in [0.3, 0.4) is 0 Å². The van der Waals surface area contributed by atoms with E-state index in [1.165, 1.54) is 0 Å². The van der Waals surface area contributed by atoms with Crippen molar-refractivity contribution in [3.63, 3.8) is 0 Å². The smallest absolute Gasteiger partial charge is 0.102 e. The molecule has 0 atom stereocenters. The van der Waals surface area contributed by atoms with Gasteiger partial charge in [0.15, 0.2) is 0 Å². The normalized spacial score (nSPS) is 10.4. The number of nitrogens with zero attached hydrogens (tertiary/aromatic N) is 5. The zero-order chi connectivity index (χ0) is 8.39. The van der Waals surface area contributed by atoms with Crippen LogP contribution in [0.1, 0.15) is 5.69 Å². The van der Waals surface area contributed by atoms with Crippen LogP contribution in [-0.4, -0.2) is 24.5 Å². The van der Waals surface area contributed by atoms with Gasteiger partial charge in [-0.1, -0.05) is 5.21 Å². The first kappa shape index (κ1) is 7.02. The van der Waals surface area contributed by atoms with Crippen molar-refractivity contribution in [3.8, 4) is 0 Å². The highest BCUT2D eigenvalue weighted by Crippen LogP contribution is 1.95. The predicted molar refractivity (Wildman–Crippen MR) is 42.3 cm³/mol. The molecule has 0 aliphatic rings. The minimum Gasteiger partial charge on any atom is -0.331 e. The third-order valence-corrected chi connectivity index (χ3v) is 1.55. The van der Waals surface area contributed by atoms with E-state index >= 15 is 0 Å². The van der Waals surface area contributed by atoms with Crippen molar-refractivity contribution in [1.29, 1.82) is 0 Å². The van der Waals surface area contributed by atoms with E-state index in [4.69, 9.17) is 0 Å². The Hall–Kier alpha value is -1.65. The van der Waals surface area contributed by atoms with E-state index in [2.05, 4.69) is 15.3 Å². The molecule has 2 rings (SSSR count). The number of hydrogen-bond acceptors (Lipinski definition) is 3. The molecular formula is C7H9N5. The van der Waals surface area contributed by atoms with Crippen molar-refractivity contribution in [1.82, 2.24) is 24.5 Å². The molecule has 0 fully saturated rings. The average Bonchev–Trinajstić information content (AvgIpc) is 2.63. The quantitative estimate of drug-likeness (QED) is 0.629. The standard InChI is InChI=1S/C7H9N5/c1-11-4-7(9-10-11)5-12-3-2-8-6-12/h2-4,6H,5H2,1H3. The second-order valence-electron chi connectivity index (χ2n) is 2.62. The molecule has 0 amide bonds. The summed E-state index contributed by atoms with van der Waals surface area (Å²) in [5, 5.41) is 7.79. The maximum Gasteiger partial charge on any atom is 0.102 e. The summed E-state index contributed by atoms with van der Waals surface area (Å²) in [6, 6.07) is 0. The fraction of sp³-hybridized carbons (Fsp3) is 0.286. The Bertz CT molecular complexity index is 348. The van der Waals surface area contributed by atoms with Gasteiger partial charge in [-0.3, -0.25) is 4.68 Å². The van der Waals surface area contributed by atoms with Crippen molar-refractivity contribution < 1.29 is 0 Å². The number of aryl methyl sites for hydroxylation is 1. The van der Waals surface area contributed by atoms with Gasteiger partial charge in [0.2, 0.25) is 0 Å². The van der Waals surface area contributed by atoms with Gasteiger partial charge >= 0.3 is 0 Å². The summed E-state index contributed by atoms with van der Waals surface area (Å²) in [5.74, 6) is 0. The fourth-order valence-corrected chi connectivity index (χ4v) is 1.04. The van der Waals surface area contributed by atoms with E-state index in [9.17, 15) is 0 Å². The van der Waals surface area contributed by atoms with E-state index in [1.807, 2.05) is 24.0 Å². The lowest BCUT2D eigenvalue weighted by Gasteiger charge is -1.94. The van der Waals surface area contributed by atoms with Gasteiger partial charge in [-0.25, -0.2) is 4.98 Å². The Morgan fingerprint density at radius 2 is 2.42 bits per heavy atom. The van der Waals surface area contributed by atoms with Crippen molar-refractivity contribution in [3.05, 3.63) is 30.6 Å². The minimum atomic E-state index is 0.730. The summed E-state index contributed by atoms with van der Waals surface area (Å²) >= 11 is 0. The predicted octanol–water partition coefficient (Wildman–Crippen LogP) is 0.0599. The molecule has 0 unspecified atom stereocenters. The molecule has 2 heterocycles. The number of aromatic nitrogens is 5. The molecule has 0 aliphatic carbocycles. The second-order valence-corrected chi connectivity index (χ2v) is 2.62. The van der Waals surface area contributed by atoms with E-state index in [0.717, 1.165) is 12.2 Å². The van der Waals surface area contributed by atoms with E-state index in [-0.39, 0.29) is 0 Å². The molecule has 0 aliphatic heterocycles. The highest BCUT2D eigenvalue weighted by molar-refractivity contribution is 4.93. The van der Waals surface area contributed by atoms with Crippen LogP contribution >= 0.6 is 0 Å². The first-order chi connectivity index (χ1) is 5.84. The van der Waals surface area contributed by atoms with Crippen LogP contribution in [0, 0.1) is 0 Å². The Labute approximate surface area is 69.7 Å². The van der Waals surface area contributed by atoms with Gasteiger partial charge in [0.1, 0.15) is 5.69 Å². The molecule has 2 aromatic heterocycles. The maximum atomic E-state index is 3.96. The zero-order valence-corrected chi connectivity index (χ0v) is 6.75. The summed E-state index contributed by atoms with van der Waals surface area (Å²) in [6.45, 7) is 0.730. The van der Waals surface area contributed by atoms with E-state index in [0.29, 0.717) is 0 Å². The Morgan fingerprint density at radius 1 is 1.50 bits per heavy atom. The largest absolute Gasteiger partial charge is 0.331 e. The van der Waals surface area contributed by atoms with Gasteiger partial charge in [-0.05, 0) is 0 Å². The SMILES string of the molecule is Cn1cc(Cn2ccnc2)nn1. The van der Waals surface area contributed by atoms with Crippen LogP contribution in [0.15, 0.2) is 24.9 Å². The lowest BCUT2D eigenvalue weighted by molar-refractivity contribution is 0.709. The lowest BCUT2D eigenvalue weighted by atomic mass is 10.5. The van der Waals surface area contributed by atoms with Crippen molar-refractivity contribution >= 4 is 0 Å². The van der Waals surface area contributed by atoms with Crippen LogP contribution in [-0.2, 0) is 13.6 Å². The zero-order valence-electron chi connectivity index (χ0n) is 6.75. The van der Waals surface area contributed by atoms with Crippen LogP contribution in [0.25, 0.3) is 0 Å². The van der Waals surface area contributed by atoms with Crippen molar-refractivity contribution in [2.75, 3.05) is 0 Å². The Morgan fingerprint density at radius 3 is 3.00 bits per heavy atom. The highest BCUT2D eigenvalue weighted by Gasteiger charge is 1.97. The first-order valence-electron chi connectivity index (χ1n) is 3.65. The van der Waals surface area contributed by atoms with Crippen LogP contribution in [0.2, 0.25) is 0 Å². The summed E-state index contributed by atoms with van der Waals surface area (Å²) < 4.78 is 3.64. The Balaban J connectivity index is 2.14. The van der Waals surface area contributed by atoms with Crippen LogP contribution in [0.4, 0.5) is 0 Å². The number of hydrogen-bond donors (Lipinski definition) is 0. The summed E-state index contributed by atoms with van der Waals surface area (Å²) in [5.41, 5.74) is 0.940. The van der Waals surface area contributed by atoms with Crippen molar-refractivity contribution in [2.45, 2.75) is 6.54 Å². The van der Waals surface area contributed by atoms with E-state index in [1.54, 1.807) is 17.2 Å². The summed E-state index contributed by atoms with van der Waals surface area (Å²) in [4.78, 5) is 3.93.